The molecule has 0 spiro atoms. The Morgan fingerprint density at radius 1 is 1.36 bits per heavy atom. The highest BCUT2D eigenvalue weighted by Crippen LogP contribution is 2.23. The number of hydrogen-bond donors (Lipinski definition) is 2. The molecule has 1 saturated carbocycles. The number of rotatable bonds is 4. The van der Waals surface area contributed by atoms with Crippen LogP contribution in [0, 0.1) is 0 Å². The highest BCUT2D eigenvalue weighted by Gasteiger charge is 2.29. The van der Waals surface area contributed by atoms with Crippen LogP contribution in [0.25, 0.3) is 0 Å². The van der Waals surface area contributed by atoms with Crippen LogP contribution in [0.4, 0.5) is 4.79 Å². The van der Waals surface area contributed by atoms with E-state index < -0.39 is 5.60 Å². The summed E-state index contributed by atoms with van der Waals surface area (Å²) < 4.78 is 5.38. The molecule has 0 saturated heterocycles. The van der Waals surface area contributed by atoms with E-state index in [2.05, 4.69) is 22.5 Å². The summed E-state index contributed by atoms with van der Waals surface area (Å²) in [5, 5.41) is 9.73. The zero-order valence-electron chi connectivity index (χ0n) is 13.9. The van der Waals surface area contributed by atoms with Gasteiger partial charge in [0.05, 0.1) is 6.04 Å². The number of alkyl carbamates (subject to hydrolysis) is 1. The standard InChI is InChI=1S/C16H27N3O2S/c1-11(14-17-9-10-22-14)18-12-7-5-6-8-13(12)19-15(20)21-16(2,3)4/h9-13,18H,5-8H2,1-4H3,(H,19,20)/t11-,12-,13-/m1/s1. The van der Waals surface area contributed by atoms with Crippen molar-refractivity contribution in [3.05, 3.63) is 16.6 Å². The van der Waals surface area contributed by atoms with Gasteiger partial charge in [0.2, 0.25) is 0 Å². The van der Waals surface area contributed by atoms with Gasteiger partial charge in [-0.15, -0.1) is 11.3 Å². The van der Waals surface area contributed by atoms with E-state index in [1.165, 1.54) is 6.42 Å². The molecular formula is C16H27N3O2S. The van der Waals surface area contributed by atoms with Crippen molar-refractivity contribution in [3.8, 4) is 0 Å². The molecule has 0 aliphatic heterocycles. The normalized spacial score (nSPS) is 23.8. The predicted molar refractivity (Wildman–Crippen MR) is 89.1 cm³/mol. The molecule has 2 rings (SSSR count). The largest absolute Gasteiger partial charge is 0.444 e. The molecule has 1 fully saturated rings. The monoisotopic (exact) mass is 325 g/mol. The van der Waals surface area contributed by atoms with Gasteiger partial charge in [0.15, 0.2) is 0 Å². The molecule has 22 heavy (non-hydrogen) atoms. The lowest BCUT2D eigenvalue weighted by atomic mass is 9.90. The second-order valence-corrected chi connectivity index (χ2v) is 7.83. The molecule has 1 aromatic rings. The Kier molecular flexibility index (Phi) is 5.81. The fourth-order valence-electron chi connectivity index (χ4n) is 2.80. The van der Waals surface area contributed by atoms with Gasteiger partial charge in [-0.1, -0.05) is 12.8 Å². The van der Waals surface area contributed by atoms with Crippen molar-refractivity contribution in [2.75, 3.05) is 0 Å². The van der Waals surface area contributed by atoms with Gasteiger partial charge in [0.25, 0.3) is 0 Å². The molecule has 3 atom stereocenters. The third-order valence-corrected chi connectivity index (χ3v) is 4.71. The minimum atomic E-state index is -0.462. The van der Waals surface area contributed by atoms with Gasteiger partial charge >= 0.3 is 6.09 Å². The minimum absolute atomic E-state index is 0.117. The fraction of sp³-hybridized carbons (Fsp3) is 0.750. The van der Waals surface area contributed by atoms with Crippen molar-refractivity contribution in [1.29, 1.82) is 0 Å². The molecule has 0 unspecified atom stereocenters. The first-order valence-electron chi connectivity index (χ1n) is 8.00. The van der Waals surface area contributed by atoms with Gasteiger partial charge in [-0.3, -0.25) is 0 Å². The van der Waals surface area contributed by atoms with Crippen molar-refractivity contribution in [3.63, 3.8) is 0 Å². The van der Waals surface area contributed by atoms with Crippen LogP contribution >= 0.6 is 11.3 Å². The number of aromatic nitrogens is 1. The van der Waals surface area contributed by atoms with Gasteiger partial charge < -0.3 is 15.4 Å². The van der Waals surface area contributed by atoms with Gasteiger partial charge in [0.1, 0.15) is 10.6 Å². The number of carbonyl (C=O) groups excluding carboxylic acids is 1. The van der Waals surface area contributed by atoms with Crippen molar-refractivity contribution in [1.82, 2.24) is 15.6 Å². The zero-order chi connectivity index (χ0) is 16.2. The highest BCUT2D eigenvalue weighted by molar-refractivity contribution is 7.09. The number of nitrogens with one attached hydrogen (secondary N) is 2. The van der Waals surface area contributed by atoms with E-state index in [9.17, 15) is 4.79 Å². The molecule has 1 aliphatic carbocycles. The predicted octanol–water partition coefficient (Wildman–Crippen LogP) is 3.63. The van der Waals surface area contributed by atoms with Crippen LogP contribution in [0.3, 0.4) is 0 Å². The molecule has 0 bridgehead atoms. The summed E-state index contributed by atoms with van der Waals surface area (Å²) in [6.45, 7) is 7.77. The van der Waals surface area contributed by atoms with Gasteiger partial charge in [-0.05, 0) is 40.5 Å². The second kappa shape index (κ2) is 7.42. The summed E-state index contributed by atoms with van der Waals surface area (Å²) in [4.78, 5) is 16.4. The van der Waals surface area contributed by atoms with E-state index in [1.807, 2.05) is 32.3 Å². The maximum absolute atomic E-state index is 12.0. The van der Waals surface area contributed by atoms with Crippen LogP contribution in [0.2, 0.25) is 0 Å². The van der Waals surface area contributed by atoms with Crippen LogP contribution < -0.4 is 10.6 Å². The lowest BCUT2D eigenvalue weighted by molar-refractivity contribution is 0.0477. The van der Waals surface area contributed by atoms with Crippen LogP contribution in [0.5, 0.6) is 0 Å². The van der Waals surface area contributed by atoms with Crippen molar-refractivity contribution < 1.29 is 9.53 Å². The quantitative estimate of drug-likeness (QED) is 0.887. The molecular weight excluding hydrogens is 298 g/mol. The van der Waals surface area contributed by atoms with Gasteiger partial charge in [-0.25, -0.2) is 9.78 Å². The number of nitrogens with zero attached hydrogens (tertiary/aromatic N) is 1. The van der Waals surface area contributed by atoms with Crippen LogP contribution in [0.15, 0.2) is 11.6 Å². The average Bonchev–Trinajstić information content (AvgIpc) is 2.92. The Labute approximate surface area is 136 Å². The van der Waals surface area contributed by atoms with E-state index in [1.54, 1.807) is 11.3 Å². The van der Waals surface area contributed by atoms with Gasteiger partial charge in [-0.2, -0.15) is 0 Å². The molecule has 0 aromatic carbocycles. The Balaban J connectivity index is 1.92. The molecule has 0 radical (unpaired) electrons. The summed E-state index contributed by atoms with van der Waals surface area (Å²) in [5.74, 6) is 0. The first kappa shape index (κ1) is 17.2. The molecule has 124 valence electrons. The van der Waals surface area contributed by atoms with E-state index >= 15 is 0 Å². The summed E-state index contributed by atoms with van der Waals surface area (Å²) in [5.41, 5.74) is -0.462. The van der Waals surface area contributed by atoms with E-state index in [0.717, 1.165) is 24.3 Å². The maximum Gasteiger partial charge on any atom is 0.407 e. The summed E-state index contributed by atoms with van der Waals surface area (Å²) in [7, 11) is 0. The number of carbonyl (C=O) groups is 1. The zero-order valence-corrected chi connectivity index (χ0v) is 14.7. The lowest BCUT2D eigenvalue weighted by Crippen LogP contribution is -2.53. The van der Waals surface area contributed by atoms with Crippen molar-refractivity contribution in [2.24, 2.45) is 0 Å². The Bertz CT molecular complexity index is 470. The second-order valence-electron chi connectivity index (χ2n) is 6.90. The lowest BCUT2D eigenvalue weighted by Gasteiger charge is -2.35. The Hall–Kier alpha value is -1.14. The molecule has 1 aromatic heterocycles. The maximum atomic E-state index is 12.0. The highest BCUT2D eigenvalue weighted by atomic mass is 32.1. The van der Waals surface area contributed by atoms with Crippen molar-refractivity contribution in [2.45, 2.75) is 77.1 Å². The molecule has 1 amide bonds. The number of amides is 1. The van der Waals surface area contributed by atoms with Crippen LogP contribution in [0.1, 0.15) is 64.4 Å². The van der Waals surface area contributed by atoms with E-state index in [-0.39, 0.29) is 24.2 Å². The topological polar surface area (TPSA) is 63.2 Å². The Morgan fingerprint density at radius 2 is 2.05 bits per heavy atom. The summed E-state index contributed by atoms with van der Waals surface area (Å²) in [6.07, 6.45) is 5.89. The number of thiazole rings is 1. The molecule has 5 nitrogen and oxygen atoms in total. The first-order valence-corrected chi connectivity index (χ1v) is 8.88. The molecule has 1 heterocycles. The summed E-state index contributed by atoms with van der Waals surface area (Å²) in [6, 6.07) is 0.581. The minimum Gasteiger partial charge on any atom is -0.444 e. The third kappa shape index (κ3) is 5.25. The van der Waals surface area contributed by atoms with E-state index in [0.29, 0.717) is 0 Å². The number of hydrogen-bond acceptors (Lipinski definition) is 5. The van der Waals surface area contributed by atoms with Gasteiger partial charge in [0, 0.05) is 23.7 Å². The fourth-order valence-corrected chi connectivity index (χ4v) is 3.46. The SMILES string of the molecule is C[C@@H](N[C@@H]1CCCC[C@H]1NC(=O)OC(C)(C)C)c1nccs1. The molecule has 1 aliphatic rings. The summed E-state index contributed by atoms with van der Waals surface area (Å²) >= 11 is 1.66. The van der Waals surface area contributed by atoms with Crippen LogP contribution in [-0.4, -0.2) is 28.8 Å². The molecule has 2 N–H and O–H groups in total. The van der Waals surface area contributed by atoms with Crippen molar-refractivity contribution >= 4 is 17.4 Å². The smallest absolute Gasteiger partial charge is 0.407 e. The average molecular weight is 325 g/mol. The van der Waals surface area contributed by atoms with Crippen LogP contribution in [-0.2, 0) is 4.74 Å². The third-order valence-electron chi connectivity index (χ3n) is 3.75. The first-order chi connectivity index (χ1) is 10.3. The Morgan fingerprint density at radius 3 is 2.64 bits per heavy atom. The molecule has 6 heteroatoms. The van der Waals surface area contributed by atoms with E-state index in [4.69, 9.17) is 4.74 Å². The number of ether oxygens (including phenoxy) is 1.